The standard InChI is InChI=1S/C25H31BN2O7S/c1-9-19(29)22-16-12-17(26-34-24(2,3)25(4,5)35-26)18(28(6)36(8,30)31)13-20(16)33-23(22)15-10-11-21(32-7)27-14-15/h10-14H,9H2,1-8H3. The Kier molecular flexibility index (Phi) is 6.47. The Hall–Kier alpha value is -2.89. The van der Waals surface area contributed by atoms with Gasteiger partial charge in [0.2, 0.25) is 15.9 Å². The Labute approximate surface area is 211 Å². The van der Waals surface area contributed by atoms with Crippen LogP contribution in [0.2, 0.25) is 0 Å². The van der Waals surface area contributed by atoms with E-state index < -0.39 is 28.3 Å². The molecular weight excluding hydrogens is 483 g/mol. The molecule has 1 aliphatic heterocycles. The van der Waals surface area contributed by atoms with Crippen LogP contribution in [0, 0.1) is 0 Å². The highest BCUT2D eigenvalue weighted by molar-refractivity contribution is 7.92. The molecule has 3 aromatic rings. The first-order valence-electron chi connectivity index (χ1n) is 11.6. The quantitative estimate of drug-likeness (QED) is 0.346. The number of nitrogens with zero attached hydrogens (tertiary/aromatic N) is 2. The molecule has 192 valence electrons. The normalized spacial score (nSPS) is 16.9. The molecule has 0 amide bonds. The van der Waals surface area contributed by atoms with E-state index in [1.165, 1.54) is 14.2 Å². The molecule has 2 aromatic heterocycles. The summed E-state index contributed by atoms with van der Waals surface area (Å²) in [5.41, 5.74) is 0.887. The minimum absolute atomic E-state index is 0.122. The molecule has 9 nitrogen and oxygen atoms in total. The number of hydrogen-bond donors (Lipinski definition) is 0. The van der Waals surface area contributed by atoms with Crippen LogP contribution in [0.4, 0.5) is 5.69 Å². The molecule has 0 radical (unpaired) electrons. The predicted octanol–water partition coefficient (Wildman–Crippen LogP) is 3.79. The van der Waals surface area contributed by atoms with E-state index in [0.717, 1.165) is 10.6 Å². The van der Waals surface area contributed by atoms with Crippen molar-refractivity contribution < 1.29 is 31.7 Å². The number of aromatic nitrogens is 1. The van der Waals surface area contributed by atoms with Crippen LogP contribution in [-0.4, -0.2) is 57.9 Å². The molecule has 0 spiro atoms. The Bertz CT molecular complexity index is 1410. The molecule has 1 aromatic carbocycles. The van der Waals surface area contributed by atoms with Crippen molar-refractivity contribution in [3.63, 3.8) is 0 Å². The van der Waals surface area contributed by atoms with Crippen LogP contribution in [0.25, 0.3) is 22.3 Å². The van der Waals surface area contributed by atoms with Gasteiger partial charge in [0.25, 0.3) is 0 Å². The first kappa shape index (κ1) is 26.2. The lowest BCUT2D eigenvalue weighted by Crippen LogP contribution is -2.41. The zero-order valence-electron chi connectivity index (χ0n) is 21.8. The van der Waals surface area contributed by atoms with Crippen LogP contribution in [-0.2, 0) is 19.3 Å². The van der Waals surface area contributed by atoms with Crippen LogP contribution in [0.5, 0.6) is 5.88 Å². The minimum atomic E-state index is -3.63. The zero-order valence-corrected chi connectivity index (χ0v) is 22.6. The lowest BCUT2D eigenvalue weighted by molar-refractivity contribution is 0.00578. The summed E-state index contributed by atoms with van der Waals surface area (Å²) in [7, 11) is -1.51. The number of rotatable bonds is 7. The van der Waals surface area contributed by atoms with E-state index in [0.29, 0.717) is 44.9 Å². The van der Waals surface area contributed by atoms with Gasteiger partial charge in [0.15, 0.2) is 5.78 Å². The lowest BCUT2D eigenvalue weighted by Gasteiger charge is -2.32. The largest absolute Gasteiger partial charge is 0.497 e. The minimum Gasteiger partial charge on any atom is -0.481 e. The average molecular weight is 514 g/mol. The molecule has 0 atom stereocenters. The van der Waals surface area contributed by atoms with E-state index in [1.807, 2.05) is 27.7 Å². The Morgan fingerprint density at radius 1 is 1.14 bits per heavy atom. The molecule has 4 rings (SSSR count). The van der Waals surface area contributed by atoms with Gasteiger partial charge in [-0.25, -0.2) is 13.4 Å². The van der Waals surface area contributed by atoms with Gasteiger partial charge in [-0.05, 0) is 39.8 Å². The van der Waals surface area contributed by atoms with Gasteiger partial charge in [0.1, 0.15) is 11.3 Å². The van der Waals surface area contributed by atoms with Gasteiger partial charge in [-0.15, -0.1) is 0 Å². The van der Waals surface area contributed by atoms with Gasteiger partial charge >= 0.3 is 7.12 Å². The monoisotopic (exact) mass is 514 g/mol. The van der Waals surface area contributed by atoms with Gasteiger partial charge in [-0.1, -0.05) is 6.92 Å². The van der Waals surface area contributed by atoms with Gasteiger partial charge < -0.3 is 18.5 Å². The summed E-state index contributed by atoms with van der Waals surface area (Å²) < 4.78 is 50.1. The first-order chi connectivity index (χ1) is 16.7. The van der Waals surface area contributed by atoms with E-state index in [2.05, 4.69) is 4.98 Å². The third-order valence-corrected chi connectivity index (χ3v) is 8.18. The summed E-state index contributed by atoms with van der Waals surface area (Å²) >= 11 is 0. The summed E-state index contributed by atoms with van der Waals surface area (Å²) in [4.78, 5) is 17.4. The van der Waals surface area contributed by atoms with Gasteiger partial charge in [-0.2, -0.15) is 0 Å². The maximum Gasteiger partial charge on any atom is 0.497 e. The Morgan fingerprint density at radius 2 is 1.78 bits per heavy atom. The Balaban J connectivity index is 2.00. The number of benzene rings is 1. The third-order valence-electron chi connectivity index (χ3n) is 6.99. The van der Waals surface area contributed by atoms with Crippen molar-refractivity contribution in [3.8, 4) is 17.2 Å². The zero-order chi connectivity index (χ0) is 26.6. The predicted molar refractivity (Wildman–Crippen MR) is 140 cm³/mol. The molecule has 0 bridgehead atoms. The molecule has 11 heteroatoms. The lowest BCUT2D eigenvalue weighted by atomic mass is 9.76. The molecule has 0 aliphatic carbocycles. The topological polar surface area (TPSA) is 108 Å². The highest BCUT2D eigenvalue weighted by atomic mass is 32.2. The highest BCUT2D eigenvalue weighted by Gasteiger charge is 2.52. The Morgan fingerprint density at radius 3 is 2.28 bits per heavy atom. The molecular formula is C25H31BN2O7S. The van der Waals surface area contributed by atoms with Crippen LogP contribution in [0.1, 0.15) is 51.4 Å². The number of carbonyl (C=O) groups excluding carboxylic acids is 1. The van der Waals surface area contributed by atoms with E-state index in [4.69, 9.17) is 18.5 Å². The van der Waals surface area contributed by atoms with Crippen molar-refractivity contribution in [1.82, 2.24) is 4.98 Å². The van der Waals surface area contributed by atoms with Gasteiger partial charge in [0.05, 0.1) is 35.8 Å². The average Bonchev–Trinajstić information content (AvgIpc) is 3.29. The van der Waals surface area contributed by atoms with Crippen molar-refractivity contribution >= 4 is 45.0 Å². The number of methoxy groups -OCH3 is 1. The van der Waals surface area contributed by atoms with Crippen molar-refractivity contribution in [2.24, 2.45) is 0 Å². The van der Waals surface area contributed by atoms with Gasteiger partial charge in [-0.3, -0.25) is 9.10 Å². The number of carbonyl (C=O) groups is 1. The fraction of sp³-hybridized carbons (Fsp3) is 0.440. The van der Waals surface area contributed by atoms with Crippen LogP contribution in [0.15, 0.2) is 34.9 Å². The van der Waals surface area contributed by atoms with E-state index in [9.17, 15) is 13.2 Å². The number of ether oxygens (including phenoxy) is 1. The second-order valence-electron chi connectivity index (χ2n) is 9.90. The summed E-state index contributed by atoms with van der Waals surface area (Å²) in [5.74, 6) is 0.660. The molecule has 3 heterocycles. The van der Waals surface area contributed by atoms with Crippen LogP contribution >= 0.6 is 0 Å². The van der Waals surface area contributed by atoms with E-state index >= 15 is 0 Å². The van der Waals surface area contributed by atoms with Crippen molar-refractivity contribution in [2.75, 3.05) is 24.7 Å². The molecule has 36 heavy (non-hydrogen) atoms. The third kappa shape index (κ3) is 4.40. The van der Waals surface area contributed by atoms with Crippen molar-refractivity contribution in [1.29, 1.82) is 0 Å². The molecule has 1 aliphatic rings. The number of ketones is 1. The molecule has 0 unspecified atom stereocenters. The van der Waals surface area contributed by atoms with E-state index in [1.54, 1.807) is 37.4 Å². The number of furan rings is 1. The van der Waals surface area contributed by atoms with Crippen LogP contribution in [0.3, 0.4) is 0 Å². The number of sulfonamides is 1. The fourth-order valence-electron chi connectivity index (χ4n) is 4.05. The smallest absolute Gasteiger partial charge is 0.481 e. The maximum absolute atomic E-state index is 13.1. The first-order valence-corrected chi connectivity index (χ1v) is 13.5. The van der Waals surface area contributed by atoms with Crippen molar-refractivity contribution in [2.45, 2.75) is 52.2 Å². The van der Waals surface area contributed by atoms with E-state index in [-0.39, 0.29) is 12.2 Å². The molecule has 1 fully saturated rings. The SMILES string of the molecule is CCC(=O)c1c(-c2ccc(OC)nc2)oc2cc(N(C)S(C)(=O)=O)c(B3OC(C)(C)C(C)(C)O3)cc12. The second-order valence-corrected chi connectivity index (χ2v) is 11.9. The van der Waals surface area contributed by atoms with Crippen LogP contribution < -0.4 is 14.5 Å². The summed E-state index contributed by atoms with van der Waals surface area (Å²) in [5, 5.41) is 0.544. The summed E-state index contributed by atoms with van der Waals surface area (Å²) in [6.07, 6.45) is 2.94. The fourth-order valence-corrected chi connectivity index (χ4v) is 4.57. The second kappa shape index (κ2) is 8.90. The molecule has 0 saturated carbocycles. The summed E-state index contributed by atoms with van der Waals surface area (Å²) in [6, 6.07) is 6.79. The number of hydrogen-bond acceptors (Lipinski definition) is 8. The number of anilines is 1. The molecule has 0 N–H and O–H groups in total. The number of pyridine rings is 1. The van der Waals surface area contributed by atoms with Crippen molar-refractivity contribution in [3.05, 3.63) is 36.0 Å². The highest BCUT2D eigenvalue weighted by Crippen LogP contribution is 2.40. The number of Topliss-reactive ketones (excluding diaryl/α,β-unsaturated/α-hetero) is 1. The van der Waals surface area contributed by atoms with Gasteiger partial charge in [0, 0.05) is 48.2 Å². The summed E-state index contributed by atoms with van der Waals surface area (Å²) in [6.45, 7) is 9.46. The maximum atomic E-state index is 13.1. The molecule has 1 saturated heterocycles. The number of fused-ring (bicyclic) bond motifs is 1.